The molecule has 1 heterocycles. The molecule has 2 rings (SSSR count). The van der Waals surface area contributed by atoms with Crippen LogP contribution in [0.2, 0.25) is 0 Å². The second-order valence-electron chi connectivity index (χ2n) is 5.96. The highest BCUT2D eigenvalue weighted by Gasteiger charge is 2.14. The van der Waals surface area contributed by atoms with Gasteiger partial charge in [-0.15, -0.1) is 0 Å². The molecule has 0 atom stereocenters. The summed E-state index contributed by atoms with van der Waals surface area (Å²) in [5.74, 6) is 0. The van der Waals surface area contributed by atoms with Crippen LogP contribution < -0.4 is 5.73 Å². The van der Waals surface area contributed by atoms with Gasteiger partial charge < -0.3 is 5.73 Å². The van der Waals surface area contributed by atoms with Gasteiger partial charge in [0.1, 0.15) is 6.07 Å². The molecule has 0 aliphatic rings. The fraction of sp³-hybridized carbons (Fsp3) is 0.222. The van der Waals surface area contributed by atoms with Gasteiger partial charge in [0.25, 0.3) is 0 Å². The van der Waals surface area contributed by atoms with Crippen LogP contribution in [0.5, 0.6) is 0 Å². The van der Waals surface area contributed by atoms with Gasteiger partial charge in [0.2, 0.25) is 0 Å². The SMILES string of the molecule is CC(C)(C)c1ccc(/C(N)=C(/C#N)c2ccncc2)cc1. The van der Waals surface area contributed by atoms with Crippen LogP contribution in [-0.2, 0) is 5.41 Å². The van der Waals surface area contributed by atoms with E-state index in [0.29, 0.717) is 11.3 Å². The molecule has 0 unspecified atom stereocenters. The summed E-state index contributed by atoms with van der Waals surface area (Å²) in [4.78, 5) is 3.96. The Morgan fingerprint density at radius 1 is 1.00 bits per heavy atom. The van der Waals surface area contributed by atoms with Gasteiger partial charge in [-0.2, -0.15) is 5.26 Å². The first-order valence-electron chi connectivity index (χ1n) is 6.84. The Kier molecular flexibility index (Phi) is 4.09. The van der Waals surface area contributed by atoms with E-state index in [2.05, 4.69) is 44.0 Å². The van der Waals surface area contributed by atoms with Crippen LogP contribution in [0.3, 0.4) is 0 Å². The first kappa shape index (κ1) is 14.8. The third-order valence-electron chi connectivity index (χ3n) is 3.41. The van der Waals surface area contributed by atoms with Crippen molar-refractivity contribution in [3.8, 4) is 6.07 Å². The van der Waals surface area contributed by atoms with Crippen molar-refractivity contribution >= 4 is 11.3 Å². The zero-order valence-electron chi connectivity index (χ0n) is 12.6. The molecule has 0 aliphatic heterocycles. The summed E-state index contributed by atoms with van der Waals surface area (Å²) in [5.41, 5.74) is 10.1. The van der Waals surface area contributed by atoms with Crippen LogP contribution in [-0.4, -0.2) is 4.98 Å². The van der Waals surface area contributed by atoms with Crippen molar-refractivity contribution in [1.29, 1.82) is 5.26 Å². The number of nitrogens with zero attached hydrogens (tertiary/aromatic N) is 2. The number of benzene rings is 1. The number of aromatic nitrogens is 1. The van der Waals surface area contributed by atoms with Crippen molar-refractivity contribution in [2.75, 3.05) is 0 Å². The Hall–Kier alpha value is -2.60. The zero-order valence-corrected chi connectivity index (χ0v) is 12.6. The molecule has 2 N–H and O–H groups in total. The normalized spacial score (nSPS) is 12.5. The monoisotopic (exact) mass is 277 g/mol. The third-order valence-corrected chi connectivity index (χ3v) is 3.41. The van der Waals surface area contributed by atoms with E-state index >= 15 is 0 Å². The molecule has 0 saturated heterocycles. The lowest BCUT2D eigenvalue weighted by molar-refractivity contribution is 0.590. The van der Waals surface area contributed by atoms with E-state index in [0.717, 1.165) is 11.1 Å². The molecular weight excluding hydrogens is 258 g/mol. The van der Waals surface area contributed by atoms with Crippen molar-refractivity contribution in [2.45, 2.75) is 26.2 Å². The van der Waals surface area contributed by atoms with Crippen LogP contribution in [0.15, 0.2) is 48.8 Å². The Balaban J connectivity index is 2.45. The van der Waals surface area contributed by atoms with Crippen molar-refractivity contribution in [2.24, 2.45) is 5.73 Å². The molecule has 0 spiro atoms. The summed E-state index contributed by atoms with van der Waals surface area (Å²) in [7, 11) is 0. The van der Waals surface area contributed by atoms with E-state index in [4.69, 9.17) is 5.73 Å². The standard InChI is InChI=1S/C18H19N3/c1-18(2,3)15-6-4-14(5-7-15)17(20)16(12-19)13-8-10-21-11-9-13/h4-11H,20H2,1-3H3/b17-16+. The van der Waals surface area contributed by atoms with Crippen LogP contribution in [0.25, 0.3) is 11.3 Å². The molecule has 3 nitrogen and oxygen atoms in total. The predicted octanol–water partition coefficient (Wildman–Crippen LogP) is 3.73. The third kappa shape index (κ3) is 3.29. The van der Waals surface area contributed by atoms with Crippen molar-refractivity contribution in [1.82, 2.24) is 4.98 Å². The second-order valence-corrected chi connectivity index (χ2v) is 5.96. The van der Waals surface area contributed by atoms with Gasteiger partial charge in [-0.3, -0.25) is 4.98 Å². The van der Waals surface area contributed by atoms with Gasteiger partial charge in [0, 0.05) is 12.4 Å². The van der Waals surface area contributed by atoms with Crippen molar-refractivity contribution in [3.63, 3.8) is 0 Å². The maximum absolute atomic E-state index is 9.39. The van der Waals surface area contributed by atoms with Crippen LogP contribution in [0.1, 0.15) is 37.5 Å². The lowest BCUT2D eigenvalue weighted by Crippen LogP contribution is -2.11. The first-order chi connectivity index (χ1) is 9.93. The van der Waals surface area contributed by atoms with E-state index in [1.54, 1.807) is 24.5 Å². The molecule has 0 radical (unpaired) electrons. The molecule has 106 valence electrons. The highest BCUT2D eigenvalue weighted by Crippen LogP contribution is 2.26. The van der Waals surface area contributed by atoms with Gasteiger partial charge in [-0.1, -0.05) is 45.0 Å². The maximum atomic E-state index is 9.39. The second kappa shape index (κ2) is 5.80. The van der Waals surface area contributed by atoms with E-state index in [-0.39, 0.29) is 5.41 Å². The minimum atomic E-state index is 0.0974. The van der Waals surface area contributed by atoms with E-state index in [9.17, 15) is 5.26 Å². The Bertz CT molecular complexity index is 684. The average Bonchev–Trinajstić information content (AvgIpc) is 2.48. The Labute approximate surface area is 125 Å². The van der Waals surface area contributed by atoms with Crippen molar-refractivity contribution in [3.05, 3.63) is 65.5 Å². The molecule has 1 aromatic carbocycles. The first-order valence-corrected chi connectivity index (χ1v) is 6.84. The molecule has 0 saturated carbocycles. The lowest BCUT2D eigenvalue weighted by Gasteiger charge is -2.19. The summed E-state index contributed by atoms with van der Waals surface area (Å²) in [6.07, 6.45) is 3.31. The number of hydrogen-bond donors (Lipinski definition) is 1. The topological polar surface area (TPSA) is 62.7 Å². The molecule has 1 aromatic heterocycles. The molecular formula is C18H19N3. The summed E-state index contributed by atoms with van der Waals surface area (Å²) >= 11 is 0. The minimum absolute atomic E-state index is 0.0974. The lowest BCUT2D eigenvalue weighted by atomic mass is 9.86. The fourth-order valence-corrected chi connectivity index (χ4v) is 2.09. The highest BCUT2D eigenvalue weighted by molar-refractivity contribution is 5.95. The van der Waals surface area contributed by atoms with E-state index in [1.807, 2.05) is 12.1 Å². The summed E-state index contributed by atoms with van der Waals surface area (Å²) in [6.45, 7) is 6.50. The molecule has 3 heteroatoms. The fourth-order valence-electron chi connectivity index (χ4n) is 2.09. The summed E-state index contributed by atoms with van der Waals surface area (Å²) in [5, 5.41) is 9.39. The largest absolute Gasteiger partial charge is 0.397 e. The van der Waals surface area contributed by atoms with Gasteiger partial charge in [0.15, 0.2) is 0 Å². The van der Waals surface area contributed by atoms with Crippen LogP contribution in [0.4, 0.5) is 0 Å². The van der Waals surface area contributed by atoms with Gasteiger partial charge in [-0.25, -0.2) is 0 Å². The minimum Gasteiger partial charge on any atom is -0.397 e. The highest BCUT2D eigenvalue weighted by atomic mass is 14.6. The van der Waals surface area contributed by atoms with Gasteiger partial charge in [0.05, 0.1) is 11.3 Å². The predicted molar refractivity (Wildman–Crippen MR) is 86.0 cm³/mol. The average molecular weight is 277 g/mol. The summed E-state index contributed by atoms with van der Waals surface area (Å²) < 4.78 is 0. The zero-order chi connectivity index (χ0) is 15.5. The Morgan fingerprint density at radius 2 is 1.57 bits per heavy atom. The number of rotatable bonds is 2. The molecule has 0 aliphatic carbocycles. The van der Waals surface area contributed by atoms with Crippen LogP contribution >= 0.6 is 0 Å². The Morgan fingerprint density at radius 3 is 2.05 bits per heavy atom. The number of nitriles is 1. The number of allylic oxidation sites excluding steroid dienone is 1. The number of hydrogen-bond acceptors (Lipinski definition) is 3. The smallest absolute Gasteiger partial charge is 0.102 e. The molecule has 0 amide bonds. The number of nitrogens with two attached hydrogens (primary N) is 1. The quantitative estimate of drug-likeness (QED) is 0.851. The molecule has 21 heavy (non-hydrogen) atoms. The van der Waals surface area contributed by atoms with Crippen LogP contribution in [0, 0.1) is 11.3 Å². The van der Waals surface area contributed by atoms with Gasteiger partial charge >= 0.3 is 0 Å². The van der Waals surface area contributed by atoms with Crippen molar-refractivity contribution < 1.29 is 0 Å². The molecule has 0 bridgehead atoms. The van der Waals surface area contributed by atoms with E-state index < -0.39 is 0 Å². The maximum Gasteiger partial charge on any atom is 0.102 e. The van der Waals surface area contributed by atoms with Gasteiger partial charge in [-0.05, 0) is 34.2 Å². The molecule has 0 fully saturated rings. The number of pyridine rings is 1. The summed E-state index contributed by atoms with van der Waals surface area (Å²) in [6, 6.07) is 13.8. The molecule has 2 aromatic rings. The van der Waals surface area contributed by atoms with E-state index in [1.165, 1.54) is 5.56 Å².